The Labute approximate surface area is 106 Å². The minimum atomic E-state index is -0.0988. The summed E-state index contributed by atoms with van der Waals surface area (Å²) in [7, 11) is 4.02. The van der Waals surface area contributed by atoms with Crippen molar-refractivity contribution in [3.63, 3.8) is 0 Å². The largest absolute Gasteiger partial charge is 0.508 e. The summed E-state index contributed by atoms with van der Waals surface area (Å²) in [5.41, 5.74) is 3.18. The Morgan fingerprint density at radius 2 is 2.11 bits per heavy atom. The quantitative estimate of drug-likeness (QED) is 0.820. The van der Waals surface area contributed by atoms with Crippen molar-refractivity contribution in [1.29, 1.82) is 0 Å². The third-order valence-electron chi connectivity index (χ3n) is 3.21. The maximum Gasteiger partial charge on any atom is 0.143 e. The first-order valence-electron chi connectivity index (χ1n) is 5.92. The van der Waals surface area contributed by atoms with Gasteiger partial charge >= 0.3 is 0 Å². The number of hydrogen-bond acceptors (Lipinski definition) is 3. The Kier molecular flexibility index (Phi) is 2.40. The third-order valence-corrected chi connectivity index (χ3v) is 3.21. The van der Waals surface area contributed by atoms with Gasteiger partial charge in [0.25, 0.3) is 0 Å². The molecule has 1 aliphatic heterocycles. The second kappa shape index (κ2) is 3.95. The predicted octanol–water partition coefficient (Wildman–Crippen LogP) is 2.91. The molecule has 2 aliphatic rings. The number of aliphatic hydroxyl groups is 1. The topological polar surface area (TPSA) is 32.7 Å². The average Bonchev–Trinajstić information content (AvgIpc) is 2.56. The Balaban J connectivity index is 2.12. The van der Waals surface area contributed by atoms with Gasteiger partial charge in [0, 0.05) is 30.9 Å². The summed E-state index contributed by atoms with van der Waals surface area (Å²) in [5.74, 6) is 1.13. The Bertz CT molecular complexity index is 582. The van der Waals surface area contributed by atoms with Crippen molar-refractivity contribution in [2.24, 2.45) is 0 Å². The van der Waals surface area contributed by atoms with Gasteiger partial charge in [-0.25, -0.2) is 0 Å². The molecular weight excluding hydrogens is 226 g/mol. The van der Waals surface area contributed by atoms with Crippen molar-refractivity contribution in [2.75, 3.05) is 19.0 Å². The molecule has 3 rings (SSSR count). The molecule has 0 aromatic heterocycles. The number of benzene rings is 1. The summed E-state index contributed by atoms with van der Waals surface area (Å²) < 4.78 is 5.86. The summed E-state index contributed by atoms with van der Waals surface area (Å²) in [5, 5.41) is 9.71. The van der Waals surface area contributed by atoms with Crippen LogP contribution >= 0.6 is 0 Å². The van der Waals surface area contributed by atoms with E-state index in [1.807, 2.05) is 38.4 Å². The first kappa shape index (κ1) is 11.0. The van der Waals surface area contributed by atoms with E-state index in [0.29, 0.717) is 0 Å². The number of nitrogens with zero attached hydrogens (tertiary/aromatic N) is 1. The summed E-state index contributed by atoms with van der Waals surface area (Å²) in [6.07, 6.45) is 7.12. The van der Waals surface area contributed by atoms with Gasteiger partial charge in [0.1, 0.15) is 17.6 Å². The molecule has 1 N–H and O–H groups in total. The molecule has 0 radical (unpaired) electrons. The van der Waals surface area contributed by atoms with Crippen LogP contribution in [-0.2, 0) is 0 Å². The van der Waals surface area contributed by atoms with Crippen molar-refractivity contribution in [1.82, 2.24) is 0 Å². The molecule has 0 saturated heterocycles. The molecule has 1 atom stereocenters. The third kappa shape index (κ3) is 1.68. The van der Waals surface area contributed by atoms with Crippen LogP contribution in [0.5, 0.6) is 5.75 Å². The maximum absolute atomic E-state index is 9.71. The zero-order chi connectivity index (χ0) is 12.7. The second-order valence-corrected chi connectivity index (χ2v) is 4.69. The van der Waals surface area contributed by atoms with Crippen LogP contribution in [0.1, 0.15) is 5.56 Å². The molecule has 1 unspecified atom stereocenters. The predicted molar refractivity (Wildman–Crippen MR) is 73.0 cm³/mol. The van der Waals surface area contributed by atoms with E-state index in [0.717, 1.165) is 22.6 Å². The molecule has 1 aromatic rings. The summed E-state index contributed by atoms with van der Waals surface area (Å²) in [4.78, 5) is 2.05. The van der Waals surface area contributed by atoms with Gasteiger partial charge in [-0.1, -0.05) is 6.08 Å². The van der Waals surface area contributed by atoms with Crippen molar-refractivity contribution in [3.8, 4) is 5.75 Å². The smallest absolute Gasteiger partial charge is 0.143 e. The standard InChI is InChI=1S/C15H15NO2/c1-16(2)10-6-7-15-12(8-10)13-9-11(17)4-3-5-14(13)18-15/h3-9,14,17H,1-2H3. The molecule has 0 saturated carbocycles. The van der Waals surface area contributed by atoms with Crippen molar-refractivity contribution in [2.45, 2.75) is 6.10 Å². The number of fused-ring (bicyclic) bond motifs is 3. The lowest BCUT2D eigenvalue weighted by Crippen LogP contribution is -2.08. The molecule has 1 aliphatic carbocycles. The van der Waals surface area contributed by atoms with Gasteiger partial charge in [-0.3, -0.25) is 0 Å². The van der Waals surface area contributed by atoms with Gasteiger partial charge in [0.2, 0.25) is 0 Å². The van der Waals surface area contributed by atoms with Crippen LogP contribution in [-0.4, -0.2) is 25.3 Å². The zero-order valence-corrected chi connectivity index (χ0v) is 10.4. The van der Waals surface area contributed by atoms with Crippen LogP contribution in [0.25, 0.3) is 5.57 Å². The fraction of sp³-hybridized carbons (Fsp3) is 0.200. The van der Waals surface area contributed by atoms with E-state index in [2.05, 4.69) is 11.0 Å². The number of allylic oxidation sites excluding steroid dienone is 3. The highest BCUT2D eigenvalue weighted by Gasteiger charge is 2.28. The molecule has 0 spiro atoms. The van der Waals surface area contributed by atoms with Gasteiger partial charge in [-0.15, -0.1) is 0 Å². The van der Waals surface area contributed by atoms with Crippen LogP contribution < -0.4 is 9.64 Å². The van der Waals surface area contributed by atoms with E-state index in [9.17, 15) is 5.11 Å². The van der Waals surface area contributed by atoms with E-state index in [1.54, 1.807) is 12.2 Å². The lowest BCUT2D eigenvalue weighted by molar-refractivity contribution is 0.323. The van der Waals surface area contributed by atoms with Crippen LogP contribution in [0.15, 0.2) is 48.3 Å². The van der Waals surface area contributed by atoms with Crippen molar-refractivity contribution >= 4 is 11.3 Å². The molecular formula is C15H15NO2. The Morgan fingerprint density at radius 3 is 2.89 bits per heavy atom. The van der Waals surface area contributed by atoms with Crippen molar-refractivity contribution in [3.05, 3.63) is 53.8 Å². The normalized spacial score (nSPS) is 20.2. The molecule has 0 bridgehead atoms. The van der Waals surface area contributed by atoms with Crippen LogP contribution in [0, 0.1) is 0 Å². The second-order valence-electron chi connectivity index (χ2n) is 4.69. The highest BCUT2D eigenvalue weighted by Crippen LogP contribution is 2.41. The van der Waals surface area contributed by atoms with Gasteiger partial charge < -0.3 is 14.7 Å². The molecule has 18 heavy (non-hydrogen) atoms. The zero-order valence-electron chi connectivity index (χ0n) is 10.4. The number of rotatable bonds is 1. The lowest BCUT2D eigenvalue weighted by atomic mass is 10.0. The monoisotopic (exact) mass is 241 g/mol. The van der Waals surface area contributed by atoms with Crippen LogP contribution in [0.4, 0.5) is 5.69 Å². The number of ether oxygens (including phenoxy) is 1. The fourth-order valence-corrected chi connectivity index (χ4v) is 2.24. The number of hydrogen-bond donors (Lipinski definition) is 1. The Morgan fingerprint density at radius 1 is 1.28 bits per heavy atom. The molecule has 0 fully saturated rings. The van der Waals surface area contributed by atoms with Crippen LogP contribution in [0.2, 0.25) is 0 Å². The lowest BCUT2D eigenvalue weighted by Gasteiger charge is -2.13. The summed E-state index contributed by atoms with van der Waals surface area (Å²) >= 11 is 0. The van der Waals surface area contributed by atoms with Gasteiger partial charge in [-0.2, -0.15) is 0 Å². The summed E-state index contributed by atoms with van der Waals surface area (Å²) in [6.45, 7) is 0. The molecule has 3 nitrogen and oxygen atoms in total. The molecule has 0 amide bonds. The van der Waals surface area contributed by atoms with E-state index in [-0.39, 0.29) is 11.9 Å². The molecule has 1 aromatic carbocycles. The number of aliphatic hydroxyl groups excluding tert-OH is 1. The molecule has 92 valence electrons. The first-order chi connectivity index (χ1) is 8.65. The maximum atomic E-state index is 9.71. The SMILES string of the molecule is CN(C)c1ccc2c(c1)C1=CC(O)=CC=CC1O2. The van der Waals surface area contributed by atoms with Crippen molar-refractivity contribution < 1.29 is 9.84 Å². The fourth-order valence-electron chi connectivity index (χ4n) is 2.24. The van der Waals surface area contributed by atoms with Gasteiger partial charge in [0.05, 0.1) is 0 Å². The van der Waals surface area contributed by atoms with E-state index < -0.39 is 0 Å². The minimum absolute atomic E-state index is 0.0988. The van der Waals surface area contributed by atoms with Crippen LogP contribution in [0.3, 0.4) is 0 Å². The van der Waals surface area contributed by atoms with Gasteiger partial charge in [0.15, 0.2) is 0 Å². The van der Waals surface area contributed by atoms with Gasteiger partial charge in [-0.05, 0) is 36.4 Å². The highest BCUT2D eigenvalue weighted by molar-refractivity contribution is 5.82. The number of anilines is 1. The molecule has 1 heterocycles. The Hall–Kier alpha value is -2.16. The first-order valence-corrected chi connectivity index (χ1v) is 5.92. The minimum Gasteiger partial charge on any atom is -0.508 e. The highest BCUT2D eigenvalue weighted by atomic mass is 16.5. The van der Waals surface area contributed by atoms with E-state index in [4.69, 9.17) is 4.74 Å². The molecule has 3 heteroatoms. The van der Waals surface area contributed by atoms with E-state index in [1.165, 1.54) is 0 Å². The average molecular weight is 241 g/mol. The van der Waals surface area contributed by atoms with E-state index >= 15 is 0 Å². The summed E-state index contributed by atoms with van der Waals surface area (Å²) in [6, 6.07) is 6.10.